The number of carbonyl (C=O) groups is 2. The van der Waals surface area contributed by atoms with Gasteiger partial charge >= 0.3 is 5.97 Å². The molecule has 1 aliphatic rings. The first-order valence-corrected chi connectivity index (χ1v) is 11.1. The molecule has 176 valence electrons. The number of aromatic nitrogens is 4. The van der Waals surface area contributed by atoms with Crippen molar-refractivity contribution in [1.82, 2.24) is 25.3 Å². The Morgan fingerprint density at radius 3 is 2.47 bits per heavy atom. The summed E-state index contributed by atoms with van der Waals surface area (Å²) >= 11 is 0. The fourth-order valence-electron chi connectivity index (χ4n) is 3.98. The number of carboxylic acid groups (broad SMARTS) is 1. The van der Waals surface area contributed by atoms with Crippen molar-refractivity contribution in [3.05, 3.63) is 59.9 Å². The van der Waals surface area contributed by atoms with Crippen molar-refractivity contribution in [3.63, 3.8) is 0 Å². The van der Waals surface area contributed by atoms with Crippen LogP contribution in [0.5, 0.6) is 5.75 Å². The molecule has 0 atom stereocenters. The molecule has 1 saturated heterocycles. The molecule has 1 aromatic carbocycles. The van der Waals surface area contributed by atoms with E-state index in [4.69, 9.17) is 5.11 Å². The summed E-state index contributed by atoms with van der Waals surface area (Å²) in [6, 6.07) is 9.92. The van der Waals surface area contributed by atoms with Gasteiger partial charge in [-0.25, -0.2) is 15.0 Å². The summed E-state index contributed by atoms with van der Waals surface area (Å²) in [5, 5.41) is 21.1. The molecule has 0 spiro atoms. The molecule has 0 radical (unpaired) electrons. The van der Waals surface area contributed by atoms with Crippen LogP contribution in [0.2, 0.25) is 0 Å². The Morgan fingerprint density at radius 1 is 1.09 bits per heavy atom. The molecule has 1 amide bonds. The molecule has 0 unspecified atom stereocenters. The molecule has 3 aromatic rings. The number of rotatable bonds is 7. The molecule has 3 N–H and O–H groups in total. The number of aromatic hydroxyl groups is 1. The Balaban J connectivity index is 1.37. The molecule has 1 aliphatic heterocycles. The minimum atomic E-state index is -1.18. The van der Waals surface area contributed by atoms with Crippen LogP contribution < -0.4 is 10.2 Å². The zero-order chi connectivity index (χ0) is 24.1. The normalized spacial score (nSPS) is 14.1. The Labute approximate surface area is 196 Å². The predicted molar refractivity (Wildman–Crippen MR) is 125 cm³/mol. The van der Waals surface area contributed by atoms with E-state index in [-0.39, 0.29) is 17.1 Å². The van der Waals surface area contributed by atoms with Crippen molar-refractivity contribution < 1.29 is 19.8 Å². The van der Waals surface area contributed by atoms with E-state index in [0.717, 1.165) is 43.0 Å². The number of hydrogen-bond acceptors (Lipinski definition) is 8. The first-order chi connectivity index (χ1) is 16.4. The van der Waals surface area contributed by atoms with Crippen molar-refractivity contribution in [3.8, 4) is 17.0 Å². The molecule has 34 heavy (non-hydrogen) atoms. The highest BCUT2D eigenvalue weighted by atomic mass is 16.4. The zero-order valence-corrected chi connectivity index (χ0v) is 18.8. The van der Waals surface area contributed by atoms with E-state index in [9.17, 15) is 14.7 Å². The lowest BCUT2D eigenvalue weighted by Crippen LogP contribution is -2.35. The number of benzene rings is 1. The highest BCUT2D eigenvalue weighted by molar-refractivity contribution is 5.96. The SMILES string of the molecule is Cc1nc(CC2CCN(c3cnc(-c4ccccc4)cn3)CC2)nc(C(=O)NCC(=O)O)c1O. The number of aliphatic carboxylic acids is 1. The average Bonchev–Trinajstić information content (AvgIpc) is 2.86. The molecule has 3 heterocycles. The average molecular weight is 463 g/mol. The standard InChI is InChI=1S/C24H26N6O4/c1-15-23(33)22(24(34)27-14-21(31)32)29-19(28-15)11-16-7-9-30(10-8-16)20-13-25-18(12-26-20)17-5-3-2-4-6-17/h2-6,12-13,16,33H,7-11,14H2,1H3,(H,27,34)(H,31,32). The zero-order valence-electron chi connectivity index (χ0n) is 18.8. The van der Waals surface area contributed by atoms with Crippen LogP contribution in [-0.4, -0.2) is 61.7 Å². The molecule has 2 aromatic heterocycles. The molecule has 0 aliphatic carbocycles. The van der Waals surface area contributed by atoms with Crippen molar-refractivity contribution in [2.45, 2.75) is 26.2 Å². The highest BCUT2D eigenvalue weighted by Crippen LogP contribution is 2.26. The third-order valence-electron chi connectivity index (χ3n) is 5.84. The summed E-state index contributed by atoms with van der Waals surface area (Å²) in [5.41, 5.74) is 1.95. The molecular formula is C24H26N6O4. The van der Waals surface area contributed by atoms with Gasteiger partial charge in [-0.1, -0.05) is 30.3 Å². The van der Waals surface area contributed by atoms with E-state index in [0.29, 0.717) is 18.2 Å². The molecular weight excluding hydrogens is 436 g/mol. The van der Waals surface area contributed by atoms with Gasteiger partial charge < -0.3 is 20.4 Å². The van der Waals surface area contributed by atoms with Gasteiger partial charge in [0.15, 0.2) is 11.4 Å². The molecule has 0 saturated carbocycles. The van der Waals surface area contributed by atoms with Gasteiger partial charge in [0.05, 0.1) is 23.8 Å². The topological polar surface area (TPSA) is 141 Å². The summed E-state index contributed by atoms with van der Waals surface area (Å²) in [5.74, 6) is -0.636. The Bertz CT molecular complexity index is 1160. The number of carbonyl (C=O) groups excluding carboxylic acids is 1. The maximum Gasteiger partial charge on any atom is 0.322 e. The second-order valence-corrected chi connectivity index (χ2v) is 8.26. The fraction of sp³-hybridized carbons (Fsp3) is 0.333. The third-order valence-corrected chi connectivity index (χ3v) is 5.84. The molecule has 10 nitrogen and oxygen atoms in total. The first-order valence-electron chi connectivity index (χ1n) is 11.1. The van der Waals surface area contributed by atoms with Gasteiger partial charge in [-0.3, -0.25) is 14.6 Å². The van der Waals surface area contributed by atoms with Crippen LogP contribution in [0, 0.1) is 12.8 Å². The second kappa shape index (κ2) is 10.2. The minimum absolute atomic E-state index is 0.199. The second-order valence-electron chi connectivity index (χ2n) is 8.26. The first kappa shape index (κ1) is 23.1. The summed E-state index contributed by atoms with van der Waals surface area (Å²) in [6.45, 7) is 2.67. The Kier molecular flexibility index (Phi) is 6.95. The van der Waals surface area contributed by atoms with E-state index in [1.165, 1.54) is 0 Å². The van der Waals surface area contributed by atoms with E-state index in [1.807, 2.05) is 30.3 Å². The lowest BCUT2D eigenvalue weighted by Gasteiger charge is -2.32. The van der Waals surface area contributed by atoms with Crippen LogP contribution in [-0.2, 0) is 11.2 Å². The molecule has 10 heteroatoms. The number of hydrogen-bond donors (Lipinski definition) is 3. The summed E-state index contributed by atoms with van der Waals surface area (Å²) in [4.78, 5) is 42.8. The number of amides is 1. The van der Waals surface area contributed by atoms with Crippen LogP contribution in [0.4, 0.5) is 5.82 Å². The van der Waals surface area contributed by atoms with Gasteiger partial charge in [0.25, 0.3) is 5.91 Å². The summed E-state index contributed by atoms with van der Waals surface area (Å²) in [6.07, 6.45) is 5.95. The van der Waals surface area contributed by atoms with Crippen molar-refractivity contribution in [2.24, 2.45) is 5.92 Å². The van der Waals surface area contributed by atoms with Gasteiger partial charge in [0.2, 0.25) is 0 Å². The Hall–Kier alpha value is -4.08. The number of carboxylic acids is 1. The minimum Gasteiger partial charge on any atom is -0.504 e. The maximum absolute atomic E-state index is 12.2. The van der Waals surface area contributed by atoms with Crippen molar-refractivity contribution >= 4 is 17.7 Å². The largest absolute Gasteiger partial charge is 0.504 e. The van der Waals surface area contributed by atoms with E-state index in [2.05, 4.69) is 30.2 Å². The number of piperidine rings is 1. The number of aryl methyl sites for hydroxylation is 1. The summed E-state index contributed by atoms with van der Waals surface area (Å²) in [7, 11) is 0. The molecule has 0 bridgehead atoms. The number of anilines is 1. The third kappa shape index (κ3) is 5.45. The van der Waals surface area contributed by atoms with Gasteiger partial charge in [0, 0.05) is 25.1 Å². The van der Waals surface area contributed by atoms with Crippen LogP contribution in [0.25, 0.3) is 11.3 Å². The number of nitrogens with one attached hydrogen (secondary N) is 1. The van der Waals surface area contributed by atoms with Gasteiger partial charge in [0.1, 0.15) is 18.2 Å². The van der Waals surface area contributed by atoms with Gasteiger partial charge in [-0.15, -0.1) is 0 Å². The van der Waals surface area contributed by atoms with Crippen molar-refractivity contribution in [1.29, 1.82) is 0 Å². The monoisotopic (exact) mass is 462 g/mol. The maximum atomic E-state index is 12.2. The van der Waals surface area contributed by atoms with E-state index < -0.39 is 18.4 Å². The lowest BCUT2D eigenvalue weighted by molar-refractivity contribution is -0.135. The highest BCUT2D eigenvalue weighted by Gasteiger charge is 2.24. The van der Waals surface area contributed by atoms with E-state index in [1.54, 1.807) is 19.3 Å². The quantitative estimate of drug-likeness (QED) is 0.482. The fourth-order valence-corrected chi connectivity index (χ4v) is 3.98. The molecule has 4 rings (SSSR count). The van der Waals surface area contributed by atoms with Crippen molar-refractivity contribution in [2.75, 3.05) is 24.5 Å². The smallest absolute Gasteiger partial charge is 0.322 e. The van der Waals surface area contributed by atoms with E-state index >= 15 is 0 Å². The predicted octanol–water partition coefficient (Wildman–Crippen LogP) is 2.22. The summed E-state index contributed by atoms with van der Waals surface area (Å²) < 4.78 is 0. The van der Waals surface area contributed by atoms with Crippen LogP contribution in [0.15, 0.2) is 42.7 Å². The number of nitrogens with zero attached hydrogens (tertiary/aromatic N) is 5. The Morgan fingerprint density at radius 2 is 1.82 bits per heavy atom. The van der Waals surface area contributed by atoms with Gasteiger partial charge in [-0.05, 0) is 25.7 Å². The van der Waals surface area contributed by atoms with Crippen LogP contribution in [0.1, 0.15) is 34.8 Å². The van der Waals surface area contributed by atoms with Crippen LogP contribution in [0.3, 0.4) is 0 Å². The van der Waals surface area contributed by atoms with Crippen LogP contribution >= 0.6 is 0 Å². The van der Waals surface area contributed by atoms with Gasteiger partial charge in [-0.2, -0.15) is 0 Å². The lowest BCUT2D eigenvalue weighted by atomic mass is 9.93. The molecule has 1 fully saturated rings.